The van der Waals surface area contributed by atoms with Gasteiger partial charge in [-0.05, 0) is 31.2 Å². The summed E-state index contributed by atoms with van der Waals surface area (Å²) in [6.07, 6.45) is 1.57. The topological polar surface area (TPSA) is 73.0 Å². The lowest BCUT2D eigenvalue weighted by Gasteiger charge is -2.11. The molecule has 3 rings (SSSR count). The maximum Gasteiger partial charge on any atom is 0.231 e. The molecule has 0 aliphatic heterocycles. The van der Waals surface area contributed by atoms with Gasteiger partial charge in [0.2, 0.25) is 5.91 Å². The van der Waals surface area contributed by atoms with Crippen LogP contribution in [0, 0.1) is 5.82 Å². The van der Waals surface area contributed by atoms with Crippen LogP contribution in [0.1, 0.15) is 18.7 Å². The van der Waals surface area contributed by atoms with Gasteiger partial charge in [0, 0.05) is 7.05 Å². The Morgan fingerprint density at radius 1 is 1.32 bits per heavy atom. The molecule has 0 saturated carbocycles. The van der Waals surface area contributed by atoms with Gasteiger partial charge in [-0.15, -0.1) is 10.2 Å². The van der Waals surface area contributed by atoms with E-state index in [0.29, 0.717) is 22.3 Å². The van der Waals surface area contributed by atoms with Gasteiger partial charge in [-0.1, -0.05) is 23.9 Å². The largest absolute Gasteiger partial charge is 0.467 e. The van der Waals surface area contributed by atoms with Crippen molar-refractivity contribution in [3.05, 3.63) is 54.2 Å². The predicted octanol–water partition coefficient (Wildman–Crippen LogP) is 3.18. The number of furan rings is 1. The Morgan fingerprint density at radius 3 is 2.84 bits per heavy atom. The molecule has 2 aromatic heterocycles. The van der Waals surface area contributed by atoms with Crippen LogP contribution in [0.3, 0.4) is 0 Å². The van der Waals surface area contributed by atoms with Crippen LogP contribution in [0.15, 0.2) is 52.2 Å². The first kappa shape index (κ1) is 17.2. The Morgan fingerprint density at radius 2 is 2.12 bits per heavy atom. The molecule has 0 spiro atoms. The van der Waals surface area contributed by atoms with Gasteiger partial charge >= 0.3 is 0 Å². The highest BCUT2D eigenvalue weighted by Gasteiger charge is 2.16. The molecule has 1 atom stereocenters. The third-order valence-corrected chi connectivity index (χ3v) is 4.65. The lowest BCUT2D eigenvalue weighted by atomic mass is 10.2. The standard InChI is InChI=1S/C17H17FN4O2S/c1-11(14-8-5-9-24-14)19-15(23)10-25-17-21-20-16(22(17)2)12-6-3-4-7-13(12)18/h3-9,11H,10H2,1-2H3,(H,19,23)/t11-/m0/s1. The fourth-order valence-corrected chi connectivity index (χ4v) is 3.06. The summed E-state index contributed by atoms with van der Waals surface area (Å²) in [7, 11) is 1.74. The zero-order valence-corrected chi connectivity index (χ0v) is 14.6. The number of benzene rings is 1. The van der Waals surface area contributed by atoms with Crippen LogP contribution >= 0.6 is 11.8 Å². The number of rotatable bonds is 6. The number of halogens is 1. The highest BCUT2D eigenvalue weighted by Crippen LogP contribution is 2.24. The zero-order valence-electron chi connectivity index (χ0n) is 13.8. The fourth-order valence-electron chi connectivity index (χ4n) is 2.34. The van der Waals surface area contributed by atoms with Crippen molar-refractivity contribution in [2.45, 2.75) is 18.1 Å². The van der Waals surface area contributed by atoms with Gasteiger partial charge in [-0.3, -0.25) is 4.79 Å². The molecule has 0 fully saturated rings. The van der Waals surface area contributed by atoms with Crippen molar-refractivity contribution >= 4 is 17.7 Å². The van der Waals surface area contributed by atoms with Crippen LogP contribution in [-0.2, 0) is 11.8 Å². The number of aromatic nitrogens is 3. The quantitative estimate of drug-likeness (QED) is 0.684. The van der Waals surface area contributed by atoms with E-state index in [2.05, 4.69) is 15.5 Å². The maximum atomic E-state index is 13.9. The number of thioether (sulfide) groups is 1. The third-order valence-electron chi connectivity index (χ3n) is 3.63. The Bertz CT molecular complexity index is 863. The zero-order chi connectivity index (χ0) is 17.8. The molecule has 130 valence electrons. The van der Waals surface area contributed by atoms with Crippen LogP contribution < -0.4 is 5.32 Å². The van der Waals surface area contributed by atoms with Crippen LogP contribution in [0.5, 0.6) is 0 Å². The monoisotopic (exact) mass is 360 g/mol. The molecule has 1 aromatic carbocycles. The van der Waals surface area contributed by atoms with Crippen molar-refractivity contribution in [3.8, 4) is 11.4 Å². The van der Waals surface area contributed by atoms with Crippen LogP contribution in [-0.4, -0.2) is 26.4 Å². The molecule has 0 aliphatic carbocycles. The van der Waals surface area contributed by atoms with E-state index in [9.17, 15) is 9.18 Å². The second-order valence-corrected chi connectivity index (χ2v) is 6.38. The number of nitrogens with one attached hydrogen (secondary N) is 1. The number of hydrogen-bond acceptors (Lipinski definition) is 5. The van der Waals surface area contributed by atoms with Crippen molar-refractivity contribution < 1.29 is 13.6 Å². The SMILES string of the molecule is C[C@H](NC(=O)CSc1nnc(-c2ccccc2F)n1C)c1ccco1. The minimum Gasteiger partial charge on any atom is -0.467 e. The molecule has 1 amide bonds. The molecule has 0 aliphatic rings. The smallest absolute Gasteiger partial charge is 0.231 e. The van der Waals surface area contributed by atoms with Crippen molar-refractivity contribution in [1.29, 1.82) is 0 Å². The molecule has 0 unspecified atom stereocenters. The minimum absolute atomic E-state index is 0.149. The van der Waals surface area contributed by atoms with E-state index in [1.807, 2.05) is 6.92 Å². The first-order valence-corrected chi connectivity index (χ1v) is 8.64. The van der Waals surface area contributed by atoms with E-state index >= 15 is 0 Å². The Hall–Kier alpha value is -2.61. The van der Waals surface area contributed by atoms with Gasteiger partial charge in [-0.25, -0.2) is 4.39 Å². The van der Waals surface area contributed by atoms with Crippen molar-refractivity contribution in [1.82, 2.24) is 20.1 Å². The molecule has 0 radical (unpaired) electrons. The summed E-state index contributed by atoms with van der Waals surface area (Å²) in [6.45, 7) is 1.85. The molecular weight excluding hydrogens is 343 g/mol. The summed E-state index contributed by atoms with van der Waals surface area (Å²) < 4.78 is 20.8. The molecule has 0 saturated heterocycles. The number of hydrogen-bond donors (Lipinski definition) is 1. The van der Waals surface area contributed by atoms with Crippen molar-refractivity contribution in [2.75, 3.05) is 5.75 Å². The van der Waals surface area contributed by atoms with E-state index in [1.165, 1.54) is 17.8 Å². The highest BCUT2D eigenvalue weighted by molar-refractivity contribution is 7.99. The van der Waals surface area contributed by atoms with E-state index in [-0.39, 0.29) is 23.5 Å². The first-order chi connectivity index (χ1) is 12.1. The second-order valence-electron chi connectivity index (χ2n) is 5.44. The van der Waals surface area contributed by atoms with Crippen LogP contribution in [0.4, 0.5) is 4.39 Å². The molecule has 2 heterocycles. The number of carbonyl (C=O) groups excluding carboxylic acids is 1. The lowest BCUT2D eigenvalue weighted by Crippen LogP contribution is -2.28. The van der Waals surface area contributed by atoms with Gasteiger partial charge in [-0.2, -0.15) is 0 Å². The minimum atomic E-state index is -0.362. The van der Waals surface area contributed by atoms with Gasteiger partial charge in [0.05, 0.1) is 23.6 Å². The Labute approximate surface area is 148 Å². The molecule has 0 bridgehead atoms. The van der Waals surface area contributed by atoms with Gasteiger partial charge < -0.3 is 14.3 Å². The third kappa shape index (κ3) is 3.90. The number of carbonyl (C=O) groups is 1. The second kappa shape index (κ2) is 7.52. The first-order valence-electron chi connectivity index (χ1n) is 7.66. The summed E-state index contributed by atoms with van der Waals surface area (Å²) >= 11 is 1.24. The van der Waals surface area contributed by atoms with Gasteiger partial charge in [0.15, 0.2) is 11.0 Å². The van der Waals surface area contributed by atoms with Crippen LogP contribution in [0.25, 0.3) is 11.4 Å². The van der Waals surface area contributed by atoms with E-state index in [1.54, 1.807) is 48.2 Å². The number of nitrogens with zero attached hydrogens (tertiary/aromatic N) is 3. The van der Waals surface area contributed by atoms with Crippen molar-refractivity contribution in [3.63, 3.8) is 0 Å². The summed E-state index contributed by atoms with van der Waals surface area (Å²) in [4.78, 5) is 12.1. The fraction of sp³-hybridized carbons (Fsp3) is 0.235. The van der Waals surface area contributed by atoms with E-state index in [4.69, 9.17) is 4.42 Å². The van der Waals surface area contributed by atoms with E-state index < -0.39 is 0 Å². The molecule has 8 heteroatoms. The van der Waals surface area contributed by atoms with Gasteiger partial charge in [0.1, 0.15) is 11.6 Å². The summed E-state index contributed by atoms with van der Waals surface area (Å²) in [5.74, 6) is 0.779. The molecule has 25 heavy (non-hydrogen) atoms. The summed E-state index contributed by atoms with van der Waals surface area (Å²) in [6, 6.07) is 9.75. The average Bonchev–Trinajstić information content (AvgIpc) is 3.24. The Balaban J connectivity index is 1.62. The number of amides is 1. The van der Waals surface area contributed by atoms with E-state index in [0.717, 1.165) is 0 Å². The van der Waals surface area contributed by atoms with Crippen molar-refractivity contribution in [2.24, 2.45) is 7.05 Å². The predicted molar refractivity (Wildman–Crippen MR) is 92.4 cm³/mol. The molecule has 6 nitrogen and oxygen atoms in total. The molecule has 1 N–H and O–H groups in total. The maximum absolute atomic E-state index is 13.9. The summed E-state index contributed by atoms with van der Waals surface area (Å²) in [5.41, 5.74) is 0.375. The highest BCUT2D eigenvalue weighted by atomic mass is 32.2. The lowest BCUT2D eigenvalue weighted by molar-refractivity contribution is -0.119. The van der Waals surface area contributed by atoms with Gasteiger partial charge in [0.25, 0.3) is 0 Å². The Kier molecular flexibility index (Phi) is 5.18. The normalized spacial score (nSPS) is 12.1. The summed E-state index contributed by atoms with van der Waals surface area (Å²) in [5, 5.41) is 11.5. The molecule has 3 aromatic rings. The van der Waals surface area contributed by atoms with Crippen LogP contribution in [0.2, 0.25) is 0 Å². The average molecular weight is 360 g/mol. The molecular formula is C17H17FN4O2S.